The zero-order valence-corrected chi connectivity index (χ0v) is 8.18. The Hall–Kier alpha value is 1.58. The zero-order chi connectivity index (χ0) is 2.71. The SMILES string of the molecule is Br[CH-]Br.[Zn]. The number of hydrogen-bond acceptors (Lipinski definition) is 0. The summed E-state index contributed by atoms with van der Waals surface area (Å²) in [5.74, 6) is 0. The third-order valence-corrected chi connectivity index (χ3v) is 0. The van der Waals surface area contributed by atoms with E-state index in [4.69, 9.17) is 0 Å². The third kappa shape index (κ3) is 9.54. The predicted molar refractivity (Wildman–Crippen MR) is 22.2 cm³/mol. The first-order chi connectivity index (χ1) is 1.41. The summed E-state index contributed by atoms with van der Waals surface area (Å²) in [6, 6.07) is 0. The van der Waals surface area contributed by atoms with Crippen LogP contribution in [0.5, 0.6) is 0 Å². The van der Waals surface area contributed by atoms with E-state index in [1.807, 2.05) is 0 Å². The van der Waals surface area contributed by atoms with E-state index in [1.165, 1.54) is 0 Å². The molecule has 0 heterocycles. The van der Waals surface area contributed by atoms with Crippen LogP contribution in [0, 0.1) is 4.24 Å². The van der Waals surface area contributed by atoms with Crippen molar-refractivity contribution in [2.45, 2.75) is 0 Å². The molecule has 0 amide bonds. The van der Waals surface area contributed by atoms with E-state index < -0.39 is 0 Å². The molecular weight excluding hydrogens is 237 g/mol. The molecule has 0 aromatic heterocycles. The van der Waals surface area contributed by atoms with Gasteiger partial charge in [0.25, 0.3) is 0 Å². The van der Waals surface area contributed by atoms with E-state index in [2.05, 4.69) is 31.9 Å². The topological polar surface area (TPSA) is 0 Å². The molecular formula is CHBr2Zn-. The predicted octanol–water partition coefficient (Wildman–Crippen LogP) is 1.89. The fraction of sp³-hybridized carbons (Fsp3) is 0. The minimum absolute atomic E-state index is 0. The normalized spacial score (nSPS) is 4.50. The van der Waals surface area contributed by atoms with E-state index >= 15 is 0 Å². The molecule has 0 bridgehead atoms. The molecule has 3 heteroatoms. The summed E-state index contributed by atoms with van der Waals surface area (Å²) >= 11 is 5.88. The van der Waals surface area contributed by atoms with Crippen molar-refractivity contribution in [2.24, 2.45) is 0 Å². The van der Waals surface area contributed by atoms with Gasteiger partial charge in [-0.15, -0.1) is 0 Å². The Bertz CT molecular complexity index is 6.00. The van der Waals surface area contributed by atoms with E-state index in [9.17, 15) is 0 Å². The average Bonchev–Trinajstić information content (AvgIpc) is 0.918. The minimum atomic E-state index is 0. The van der Waals surface area contributed by atoms with E-state index in [1.54, 1.807) is 4.24 Å². The molecule has 0 aromatic rings. The molecule has 0 nitrogen and oxygen atoms in total. The molecule has 0 aliphatic carbocycles. The van der Waals surface area contributed by atoms with Gasteiger partial charge in [-0.3, -0.25) is 0 Å². The van der Waals surface area contributed by atoms with Crippen LogP contribution in [-0.2, 0) is 19.5 Å². The second kappa shape index (κ2) is 8.82. The molecule has 0 aliphatic rings. The Labute approximate surface area is 55.4 Å². The van der Waals surface area contributed by atoms with Crippen LogP contribution in [0.3, 0.4) is 0 Å². The Morgan fingerprint density at radius 1 is 1.25 bits per heavy atom. The first kappa shape index (κ1) is 9.13. The van der Waals surface area contributed by atoms with Gasteiger partial charge in [-0.25, -0.2) is 4.24 Å². The van der Waals surface area contributed by atoms with Crippen LogP contribution in [0.4, 0.5) is 0 Å². The van der Waals surface area contributed by atoms with Gasteiger partial charge in [-0.05, 0) is 0 Å². The molecule has 0 unspecified atom stereocenters. The third-order valence-electron chi connectivity index (χ3n) is 0. The maximum Gasteiger partial charge on any atom is 0 e. The average molecular weight is 238 g/mol. The second-order valence-corrected chi connectivity index (χ2v) is 2.23. The van der Waals surface area contributed by atoms with Crippen molar-refractivity contribution in [3.8, 4) is 0 Å². The van der Waals surface area contributed by atoms with Crippen LogP contribution in [0.2, 0.25) is 0 Å². The summed E-state index contributed by atoms with van der Waals surface area (Å²) in [5, 5.41) is 0. The van der Waals surface area contributed by atoms with Crippen molar-refractivity contribution >= 4 is 31.9 Å². The standard InChI is InChI=1S/CHBr2.Zn/c2-1-3;/h1H;/q-1;. The van der Waals surface area contributed by atoms with Gasteiger partial charge in [0.2, 0.25) is 0 Å². The fourth-order valence-electron chi connectivity index (χ4n) is 0. The summed E-state index contributed by atoms with van der Waals surface area (Å²) in [7, 11) is 0. The summed E-state index contributed by atoms with van der Waals surface area (Å²) in [6.07, 6.45) is 0. The maximum absolute atomic E-state index is 2.94. The first-order valence-electron chi connectivity index (χ1n) is 0.436. The Morgan fingerprint density at radius 3 is 1.25 bits per heavy atom. The monoisotopic (exact) mass is 235 g/mol. The molecule has 0 aliphatic heterocycles. The molecule has 0 N–H and O–H groups in total. The maximum atomic E-state index is 2.94. The molecule has 0 radical (unpaired) electrons. The van der Waals surface area contributed by atoms with Crippen molar-refractivity contribution in [2.75, 3.05) is 0 Å². The van der Waals surface area contributed by atoms with E-state index in [0.29, 0.717) is 0 Å². The van der Waals surface area contributed by atoms with Crippen molar-refractivity contribution in [1.82, 2.24) is 0 Å². The van der Waals surface area contributed by atoms with E-state index in [-0.39, 0.29) is 19.5 Å². The largest absolute Gasteiger partial charge is 0.308 e. The smallest absolute Gasteiger partial charge is 0 e. The van der Waals surface area contributed by atoms with Crippen LogP contribution in [0.25, 0.3) is 0 Å². The second-order valence-electron chi connectivity index (χ2n) is 0.0825. The number of halogens is 2. The number of rotatable bonds is 0. The molecule has 0 spiro atoms. The summed E-state index contributed by atoms with van der Waals surface area (Å²) in [6.45, 7) is 0. The summed E-state index contributed by atoms with van der Waals surface area (Å²) in [5.41, 5.74) is 0. The first-order valence-corrected chi connectivity index (χ1v) is 2.27. The molecule has 0 fully saturated rings. The Kier molecular flexibility index (Phi) is 20.1. The van der Waals surface area contributed by atoms with Crippen molar-refractivity contribution in [3.05, 3.63) is 4.24 Å². The molecule has 0 rings (SSSR count). The zero-order valence-electron chi connectivity index (χ0n) is 2.04. The summed E-state index contributed by atoms with van der Waals surface area (Å²) < 4.78 is 1.62. The van der Waals surface area contributed by atoms with Crippen LogP contribution in [0.15, 0.2) is 0 Å². The fourth-order valence-corrected chi connectivity index (χ4v) is 0. The molecule has 4 heavy (non-hydrogen) atoms. The van der Waals surface area contributed by atoms with Gasteiger partial charge in [-0.2, -0.15) is 0 Å². The van der Waals surface area contributed by atoms with Gasteiger partial charge in [-0.1, -0.05) is 0 Å². The van der Waals surface area contributed by atoms with Crippen LogP contribution >= 0.6 is 31.9 Å². The molecule has 0 saturated heterocycles. The molecule has 22 valence electrons. The van der Waals surface area contributed by atoms with Gasteiger partial charge in [0.1, 0.15) is 0 Å². The molecule has 0 atom stereocenters. The van der Waals surface area contributed by atoms with Crippen molar-refractivity contribution < 1.29 is 19.5 Å². The molecule has 0 aromatic carbocycles. The number of hydrogen-bond donors (Lipinski definition) is 0. The summed E-state index contributed by atoms with van der Waals surface area (Å²) in [4.78, 5) is 0. The van der Waals surface area contributed by atoms with Crippen LogP contribution < -0.4 is 0 Å². The quantitative estimate of drug-likeness (QED) is 0.446. The molecule has 0 saturated carbocycles. The Balaban J connectivity index is 0. The van der Waals surface area contributed by atoms with Crippen molar-refractivity contribution in [1.29, 1.82) is 0 Å². The van der Waals surface area contributed by atoms with Gasteiger partial charge < -0.3 is 31.9 Å². The van der Waals surface area contributed by atoms with Crippen molar-refractivity contribution in [3.63, 3.8) is 0 Å². The van der Waals surface area contributed by atoms with Gasteiger partial charge in [0.15, 0.2) is 0 Å². The van der Waals surface area contributed by atoms with Gasteiger partial charge >= 0.3 is 0 Å². The van der Waals surface area contributed by atoms with E-state index in [0.717, 1.165) is 0 Å². The van der Waals surface area contributed by atoms with Gasteiger partial charge in [0.05, 0.1) is 0 Å². The Morgan fingerprint density at radius 2 is 1.25 bits per heavy atom. The minimum Gasteiger partial charge on any atom is -0.308 e. The van der Waals surface area contributed by atoms with Crippen LogP contribution in [0.1, 0.15) is 0 Å². The van der Waals surface area contributed by atoms with Crippen LogP contribution in [-0.4, -0.2) is 0 Å². The van der Waals surface area contributed by atoms with Gasteiger partial charge in [0, 0.05) is 19.5 Å².